The molecule has 1 fully saturated rings. The van der Waals surface area contributed by atoms with Crippen LogP contribution in [0.3, 0.4) is 0 Å². The maximum absolute atomic E-state index is 11.7. The molecule has 8 heteroatoms. The predicted molar refractivity (Wildman–Crippen MR) is 86.9 cm³/mol. The first-order chi connectivity index (χ1) is 11.7. The van der Waals surface area contributed by atoms with Gasteiger partial charge in [-0.3, -0.25) is 14.6 Å². The number of carbonyl (C=O) groups is 1. The zero-order valence-electron chi connectivity index (χ0n) is 13.5. The number of aromatic nitrogens is 2. The molecule has 2 aromatic rings. The highest BCUT2D eigenvalue weighted by Crippen LogP contribution is 2.16. The fourth-order valence-corrected chi connectivity index (χ4v) is 2.57. The van der Waals surface area contributed by atoms with Crippen molar-refractivity contribution in [2.75, 3.05) is 39.3 Å². The second-order valence-electron chi connectivity index (χ2n) is 5.63. The van der Waals surface area contributed by atoms with E-state index < -0.39 is 0 Å². The topological polar surface area (TPSA) is 87.6 Å². The van der Waals surface area contributed by atoms with E-state index >= 15 is 0 Å². The average molecular weight is 331 g/mol. The third-order valence-electron chi connectivity index (χ3n) is 3.84. The summed E-state index contributed by atoms with van der Waals surface area (Å²) in [4.78, 5) is 20.4. The van der Waals surface area contributed by atoms with Gasteiger partial charge in [-0.25, -0.2) is 0 Å². The summed E-state index contributed by atoms with van der Waals surface area (Å²) in [5.41, 5.74) is 0. The van der Waals surface area contributed by atoms with Crippen LogP contribution in [-0.2, 0) is 11.3 Å². The maximum Gasteiger partial charge on any atom is 0.241 e. The van der Waals surface area contributed by atoms with Gasteiger partial charge in [-0.15, -0.1) is 6.58 Å². The summed E-state index contributed by atoms with van der Waals surface area (Å²) in [5.74, 6) is 1.66. The fraction of sp³-hybridized carbons (Fsp3) is 0.438. The SMILES string of the molecule is C=CCNC(=O)CN1CCN(Cc2nc(-c3ccco3)no2)CC1. The fourth-order valence-electron chi connectivity index (χ4n) is 2.57. The summed E-state index contributed by atoms with van der Waals surface area (Å²) in [7, 11) is 0. The smallest absolute Gasteiger partial charge is 0.241 e. The van der Waals surface area contributed by atoms with E-state index in [4.69, 9.17) is 8.94 Å². The van der Waals surface area contributed by atoms with Crippen LogP contribution in [-0.4, -0.2) is 65.1 Å². The number of rotatable bonds is 7. The molecule has 1 aliphatic heterocycles. The Hall–Kier alpha value is -2.45. The van der Waals surface area contributed by atoms with Gasteiger partial charge in [-0.2, -0.15) is 4.98 Å². The average Bonchev–Trinajstić information content (AvgIpc) is 3.26. The Labute approximate surface area is 140 Å². The molecular weight excluding hydrogens is 310 g/mol. The largest absolute Gasteiger partial charge is 0.461 e. The van der Waals surface area contributed by atoms with E-state index in [2.05, 4.69) is 31.8 Å². The molecule has 0 aromatic carbocycles. The molecule has 2 aromatic heterocycles. The lowest BCUT2D eigenvalue weighted by Gasteiger charge is -2.33. The van der Waals surface area contributed by atoms with E-state index in [1.165, 1.54) is 0 Å². The molecule has 1 N–H and O–H groups in total. The van der Waals surface area contributed by atoms with Crippen LogP contribution in [0.25, 0.3) is 11.6 Å². The van der Waals surface area contributed by atoms with Gasteiger partial charge in [0.1, 0.15) is 0 Å². The monoisotopic (exact) mass is 331 g/mol. The van der Waals surface area contributed by atoms with E-state index in [0.717, 1.165) is 26.2 Å². The number of amides is 1. The minimum Gasteiger partial charge on any atom is -0.461 e. The predicted octanol–water partition coefficient (Wildman–Crippen LogP) is 0.749. The van der Waals surface area contributed by atoms with E-state index in [9.17, 15) is 4.79 Å². The van der Waals surface area contributed by atoms with Gasteiger partial charge in [0.15, 0.2) is 5.76 Å². The van der Waals surface area contributed by atoms with E-state index in [1.807, 2.05) is 0 Å². The van der Waals surface area contributed by atoms with Gasteiger partial charge in [0.2, 0.25) is 17.6 Å². The Bertz CT molecular complexity index is 659. The van der Waals surface area contributed by atoms with Crippen LogP contribution in [0.5, 0.6) is 0 Å². The van der Waals surface area contributed by atoms with Crippen LogP contribution in [0.1, 0.15) is 5.89 Å². The van der Waals surface area contributed by atoms with E-state index in [-0.39, 0.29) is 5.91 Å². The molecule has 3 rings (SSSR count). The zero-order chi connectivity index (χ0) is 16.8. The lowest BCUT2D eigenvalue weighted by atomic mass is 10.3. The van der Waals surface area contributed by atoms with Crippen LogP contribution < -0.4 is 5.32 Å². The van der Waals surface area contributed by atoms with Gasteiger partial charge >= 0.3 is 0 Å². The molecule has 1 amide bonds. The maximum atomic E-state index is 11.7. The minimum absolute atomic E-state index is 0.0309. The van der Waals surface area contributed by atoms with Crippen molar-refractivity contribution in [3.8, 4) is 11.6 Å². The lowest BCUT2D eigenvalue weighted by molar-refractivity contribution is -0.122. The van der Waals surface area contributed by atoms with Crippen LogP contribution in [0.15, 0.2) is 40.0 Å². The van der Waals surface area contributed by atoms with E-state index in [0.29, 0.717) is 37.1 Å². The standard InChI is InChI=1S/C16H21N5O3/c1-2-5-17-14(22)11-20-6-8-21(9-7-20)12-15-18-16(19-24-15)13-4-3-10-23-13/h2-4,10H,1,5-9,11-12H2,(H,17,22). The molecule has 0 unspecified atom stereocenters. The van der Waals surface area contributed by atoms with Crippen molar-refractivity contribution < 1.29 is 13.7 Å². The van der Waals surface area contributed by atoms with Crippen molar-refractivity contribution in [3.05, 3.63) is 36.9 Å². The molecule has 3 heterocycles. The number of nitrogens with one attached hydrogen (secondary N) is 1. The second-order valence-corrected chi connectivity index (χ2v) is 5.63. The summed E-state index contributed by atoms with van der Waals surface area (Å²) in [5, 5.41) is 6.72. The molecule has 0 bridgehead atoms. The van der Waals surface area contributed by atoms with Gasteiger partial charge in [0, 0.05) is 32.7 Å². The molecule has 1 saturated heterocycles. The number of nitrogens with zero attached hydrogens (tertiary/aromatic N) is 4. The molecule has 24 heavy (non-hydrogen) atoms. The normalized spacial score (nSPS) is 16.2. The minimum atomic E-state index is 0.0309. The third kappa shape index (κ3) is 4.30. The first-order valence-electron chi connectivity index (χ1n) is 7.93. The third-order valence-corrected chi connectivity index (χ3v) is 3.84. The summed E-state index contributed by atoms with van der Waals surface area (Å²) in [6.45, 7) is 8.49. The highest BCUT2D eigenvalue weighted by Gasteiger charge is 2.21. The highest BCUT2D eigenvalue weighted by molar-refractivity contribution is 5.78. The molecule has 1 aliphatic rings. The quantitative estimate of drug-likeness (QED) is 0.749. The summed E-state index contributed by atoms with van der Waals surface area (Å²) < 4.78 is 10.5. The second kappa shape index (κ2) is 7.89. The Kier molecular flexibility index (Phi) is 5.39. The van der Waals surface area contributed by atoms with Crippen LogP contribution in [0, 0.1) is 0 Å². The van der Waals surface area contributed by atoms with Crippen molar-refractivity contribution in [2.45, 2.75) is 6.54 Å². The van der Waals surface area contributed by atoms with Gasteiger partial charge < -0.3 is 14.3 Å². The molecular formula is C16H21N5O3. The molecule has 0 saturated carbocycles. The van der Waals surface area contributed by atoms with Crippen molar-refractivity contribution in [2.24, 2.45) is 0 Å². The summed E-state index contributed by atoms with van der Waals surface area (Å²) >= 11 is 0. The zero-order valence-corrected chi connectivity index (χ0v) is 13.5. The summed E-state index contributed by atoms with van der Waals surface area (Å²) in [6.07, 6.45) is 3.26. The molecule has 128 valence electrons. The Morgan fingerprint density at radius 2 is 2.12 bits per heavy atom. The molecule has 0 aliphatic carbocycles. The number of carbonyl (C=O) groups excluding carboxylic acids is 1. The lowest BCUT2D eigenvalue weighted by Crippen LogP contribution is -2.49. The van der Waals surface area contributed by atoms with Crippen molar-refractivity contribution in [3.63, 3.8) is 0 Å². The first kappa shape index (κ1) is 16.4. The van der Waals surface area contributed by atoms with Crippen LogP contribution in [0.2, 0.25) is 0 Å². The first-order valence-corrected chi connectivity index (χ1v) is 7.93. The Morgan fingerprint density at radius 1 is 1.33 bits per heavy atom. The molecule has 0 radical (unpaired) electrons. The molecule has 8 nitrogen and oxygen atoms in total. The van der Waals surface area contributed by atoms with Gasteiger partial charge in [-0.05, 0) is 12.1 Å². The highest BCUT2D eigenvalue weighted by atomic mass is 16.5. The van der Waals surface area contributed by atoms with Crippen molar-refractivity contribution in [1.29, 1.82) is 0 Å². The number of hydrogen-bond acceptors (Lipinski definition) is 7. The van der Waals surface area contributed by atoms with Gasteiger partial charge in [-0.1, -0.05) is 11.2 Å². The number of hydrogen-bond donors (Lipinski definition) is 1. The molecule has 0 spiro atoms. The summed E-state index contributed by atoms with van der Waals surface area (Å²) in [6, 6.07) is 3.58. The van der Waals surface area contributed by atoms with E-state index in [1.54, 1.807) is 24.5 Å². The van der Waals surface area contributed by atoms with Crippen molar-refractivity contribution in [1.82, 2.24) is 25.3 Å². The Morgan fingerprint density at radius 3 is 2.83 bits per heavy atom. The van der Waals surface area contributed by atoms with Gasteiger partial charge in [0.05, 0.1) is 19.4 Å². The Balaban J connectivity index is 1.44. The number of piperazine rings is 1. The van der Waals surface area contributed by atoms with Crippen LogP contribution in [0.4, 0.5) is 0 Å². The van der Waals surface area contributed by atoms with Gasteiger partial charge in [0.25, 0.3) is 0 Å². The number of furan rings is 1. The van der Waals surface area contributed by atoms with Crippen molar-refractivity contribution >= 4 is 5.91 Å². The van der Waals surface area contributed by atoms with Crippen LogP contribution >= 0.6 is 0 Å². The molecule has 0 atom stereocenters.